The molecule has 1 atom stereocenters. The number of anilines is 1. The van der Waals surface area contributed by atoms with Crippen molar-refractivity contribution in [2.24, 2.45) is 0 Å². The summed E-state index contributed by atoms with van der Waals surface area (Å²) < 4.78 is 2.86. The fraction of sp³-hybridized carbons (Fsp3) is 0.238. The molecule has 0 aliphatic heterocycles. The van der Waals surface area contributed by atoms with Crippen LogP contribution in [-0.2, 0) is 11.3 Å². The van der Waals surface area contributed by atoms with E-state index in [9.17, 15) is 4.79 Å². The topological polar surface area (TPSA) is 46.9 Å². The van der Waals surface area contributed by atoms with Crippen molar-refractivity contribution >= 4 is 27.7 Å². The van der Waals surface area contributed by atoms with E-state index in [4.69, 9.17) is 0 Å². The van der Waals surface area contributed by atoms with E-state index < -0.39 is 0 Å². The second-order valence-corrected chi connectivity index (χ2v) is 7.16. The average Bonchev–Trinajstić information content (AvgIpc) is 3.09. The molecule has 0 saturated carbocycles. The molecule has 2 aromatic carbocycles. The number of halogens is 1. The number of nitrogens with one attached hydrogen (secondary N) is 1. The average molecular weight is 412 g/mol. The van der Waals surface area contributed by atoms with E-state index in [1.54, 1.807) is 6.20 Å². The fourth-order valence-corrected chi connectivity index (χ4v) is 3.23. The van der Waals surface area contributed by atoms with Gasteiger partial charge in [-0.2, -0.15) is 5.10 Å². The van der Waals surface area contributed by atoms with E-state index >= 15 is 0 Å². The molecular formula is C21H22BrN3O. The largest absolute Gasteiger partial charge is 0.310 e. The second kappa shape index (κ2) is 8.81. The summed E-state index contributed by atoms with van der Waals surface area (Å²) in [6, 6.07) is 19.9. The van der Waals surface area contributed by atoms with Crippen LogP contribution in [0.2, 0.25) is 0 Å². The summed E-state index contributed by atoms with van der Waals surface area (Å²) in [7, 11) is 0. The standard InChI is InChI=1S/C21H22BrN3O/c1-2-6-19(17-7-4-3-5-8-17)21(26)24-20-13-14-23-25(20)15-16-9-11-18(22)12-10-16/h3-5,7-14,19H,2,6,15H2,1H3,(H,24,26). The third-order valence-corrected chi connectivity index (χ3v) is 4.84. The highest BCUT2D eigenvalue weighted by Crippen LogP contribution is 2.23. The van der Waals surface area contributed by atoms with Gasteiger partial charge in [-0.15, -0.1) is 0 Å². The molecule has 5 heteroatoms. The van der Waals surface area contributed by atoms with Crippen molar-refractivity contribution in [2.75, 3.05) is 5.32 Å². The second-order valence-electron chi connectivity index (χ2n) is 6.24. The first-order valence-electron chi connectivity index (χ1n) is 8.79. The van der Waals surface area contributed by atoms with Crippen LogP contribution in [0.5, 0.6) is 0 Å². The number of hydrogen-bond acceptors (Lipinski definition) is 2. The number of carbonyl (C=O) groups is 1. The maximum Gasteiger partial charge on any atom is 0.233 e. The van der Waals surface area contributed by atoms with Crippen molar-refractivity contribution < 1.29 is 4.79 Å². The molecule has 26 heavy (non-hydrogen) atoms. The highest BCUT2D eigenvalue weighted by atomic mass is 79.9. The molecule has 0 aliphatic rings. The molecule has 4 nitrogen and oxygen atoms in total. The van der Waals surface area contributed by atoms with E-state index in [-0.39, 0.29) is 11.8 Å². The van der Waals surface area contributed by atoms with Crippen LogP contribution in [-0.4, -0.2) is 15.7 Å². The fourth-order valence-electron chi connectivity index (χ4n) is 2.96. The molecule has 1 aromatic heterocycles. The lowest BCUT2D eigenvalue weighted by atomic mass is 9.94. The zero-order chi connectivity index (χ0) is 18.4. The van der Waals surface area contributed by atoms with Gasteiger partial charge >= 0.3 is 0 Å². The van der Waals surface area contributed by atoms with E-state index in [1.807, 2.05) is 65.3 Å². The first kappa shape index (κ1) is 18.4. The van der Waals surface area contributed by atoms with Crippen LogP contribution in [0.15, 0.2) is 71.3 Å². The summed E-state index contributed by atoms with van der Waals surface area (Å²) in [6.07, 6.45) is 3.48. The van der Waals surface area contributed by atoms with Crippen LogP contribution in [0.3, 0.4) is 0 Å². The molecule has 0 saturated heterocycles. The number of rotatable bonds is 7. The van der Waals surface area contributed by atoms with Crippen LogP contribution in [0.1, 0.15) is 36.8 Å². The van der Waals surface area contributed by atoms with Gasteiger partial charge in [-0.25, -0.2) is 4.68 Å². The quantitative estimate of drug-likeness (QED) is 0.579. The third-order valence-electron chi connectivity index (χ3n) is 4.31. The monoisotopic (exact) mass is 411 g/mol. The summed E-state index contributed by atoms with van der Waals surface area (Å²) >= 11 is 3.44. The van der Waals surface area contributed by atoms with E-state index in [0.29, 0.717) is 6.54 Å². The van der Waals surface area contributed by atoms with Crippen molar-refractivity contribution in [3.63, 3.8) is 0 Å². The normalized spacial score (nSPS) is 11.9. The lowest BCUT2D eigenvalue weighted by molar-refractivity contribution is -0.117. The highest BCUT2D eigenvalue weighted by Gasteiger charge is 2.20. The maximum atomic E-state index is 12.9. The Morgan fingerprint density at radius 2 is 1.85 bits per heavy atom. The minimum Gasteiger partial charge on any atom is -0.310 e. The van der Waals surface area contributed by atoms with E-state index in [1.165, 1.54) is 0 Å². The number of amides is 1. The van der Waals surface area contributed by atoms with Crippen LogP contribution in [0, 0.1) is 0 Å². The van der Waals surface area contributed by atoms with Gasteiger partial charge in [-0.05, 0) is 29.7 Å². The van der Waals surface area contributed by atoms with Gasteiger partial charge in [0.1, 0.15) is 5.82 Å². The Labute approximate surface area is 162 Å². The molecule has 0 radical (unpaired) electrons. The first-order valence-corrected chi connectivity index (χ1v) is 9.58. The summed E-state index contributed by atoms with van der Waals surface area (Å²) in [5, 5.41) is 7.41. The van der Waals surface area contributed by atoms with Gasteiger partial charge in [0, 0.05) is 10.5 Å². The minimum absolute atomic E-state index is 0.00982. The van der Waals surface area contributed by atoms with Crippen molar-refractivity contribution in [1.29, 1.82) is 0 Å². The minimum atomic E-state index is -0.155. The van der Waals surface area contributed by atoms with Crippen molar-refractivity contribution in [1.82, 2.24) is 9.78 Å². The molecule has 0 aliphatic carbocycles. The van der Waals surface area contributed by atoms with Crippen LogP contribution >= 0.6 is 15.9 Å². The van der Waals surface area contributed by atoms with E-state index in [2.05, 4.69) is 33.3 Å². The van der Waals surface area contributed by atoms with Crippen molar-refractivity contribution in [2.45, 2.75) is 32.2 Å². The summed E-state index contributed by atoms with van der Waals surface area (Å²) in [4.78, 5) is 12.9. The number of aromatic nitrogens is 2. The molecule has 3 rings (SSSR count). The molecule has 1 amide bonds. The SMILES string of the molecule is CCCC(C(=O)Nc1ccnn1Cc1ccc(Br)cc1)c1ccccc1. The van der Waals surface area contributed by atoms with Gasteiger partial charge < -0.3 is 5.32 Å². The number of hydrogen-bond donors (Lipinski definition) is 1. The van der Waals surface area contributed by atoms with Crippen molar-refractivity contribution in [3.05, 3.63) is 82.5 Å². The molecule has 1 unspecified atom stereocenters. The Morgan fingerprint density at radius 1 is 1.12 bits per heavy atom. The van der Waals surface area contributed by atoms with Gasteiger partial charge in [0.05, 0.1) is 18.7 Å². The Bertz CT molecular complexity index is 843. The van der Waals surface area contributed by atoms with Gasteiger partial charge in [0.25, 0.3) is 0 Å². The van der Waals surface area contributed by atoms with Gasteiger partial charge in [-0.1, -0.05) is 71.7 Å². The van der Waals surface area contributed by atoms with Gasteiger partial charge in [0.2, 0.25) is 5.91 Å². The van der Waals surface area contributed by atoms with Crippen LogP contribution in [0.4, 0.5) is 5.82 Å². The van der Waals surface area contributed by atoms with Crippen LogP contribution < -0.4 is 5.32 Å². The summed E-state index contributed by atoms with van der Waals surface area (Å²) in [5.41, 5.74) is 2.17. The zero-order valence-electron chi connectivity index (χ0n) is 14.7. The predicted octanol–water partition coefficient (Wildman–Crippen LogP) is 5.22. The zero-order valence-corrected chi connectivity index (χ0v) is 16.3. The molecule has 134 valence electrons. The Hall–Kier alpha value is -2.40. The van der Waals surface area contributed by atoms with Gasteiger partial charge in [0.15, 0.2) is 0 Å². The molecule has 1 heterocycles. The summed E-state index contributed by atoms with van der Waals surface area (Å²) in [5.74, 6) is 0.572. The third kappa shape index (κ3) is 4.61. The summed E-state index contributed by atoms with van der Waals surface area (Å²) in [6.45, 7) is 2.71. The molecule has 0 bridgehead atoms. The molecule has 0 spiro atoms. The van der Waals surface area contributed by atoms with Gasteiger partial charge in [-0.3, -0.25) is 4.79 Å². The maximum absolute atomic E-state index is 12.9. The number of nitrogens with zero attached hydrogens (tertiary/aromatic N) is 2. The molecule has 1 N–H and O–H groups in total. The number of carbonyl (C=O) groups excluding carboxylic acids is 1. The lowest BCUT2D eigenvalue weighted by Gasteiger charge is -2.17. The lowest BCUT2D eigenvalue weighted by Crippen LogP contribution is -2.23. The van der Waals surface area contributed by atoms with Crippen molar-refractivity contribution in [3.8, 4) is 0 Å². The molecule has 0 fully saturated rings. The Balaban J connectivity index is 1.75. The smallest absolute Gasteiger partial charge is 0.233 e. The number of benzene rings is 2. The molecular weight excluding hydrogens is 390 g/mol. The van der Waals surface area contributed by atoms with Crippen LogP contribution in [0.25, 0.3) is 0 Å². The van der Waals surface area contributed by atoms with E-state index in [0.717, 1.165) is 34.3 Å². The first-order chi connectivity index (χ1) is 12.7. The Kier molecular flexibility index (Phi) is 6.23. The molecule has 3 aromatic rings. The Morgan fingerprint density at radius 3 is 2.54 bits per heavy atom. The predicted molar refractivity (Wildman–Crippen MR) is 108 cm³/mol. The highest BCUT2D eigenvalue weighted by molar-refractivity contribution is 9.10.